The summed E-state index contributed by atoms with van der Waals surface area (Å²) in [6.07, 6.45) is 0.431. The van der Waals surface area contributed by atoms with Crippen molar-refractivity contribution in [2.75, 3.05) is 0 Å². The zero-order chi connectivity index (χ0) is 12.8. The Morgan fingerprint density at radius 2 is 1.39 bits per heavy atom. The third-order valence-corrected chi connectivity index (χ3v) is 3.17. The number of rotatable bonds is 4. The van der Waals surface area contributed by atoms with E-state index in [0.717, 1.165) is 22.4 Å². The molecule has 0 aliphatic carbocycles. The summed E-state index contributed by atoms with van der Waals surface area (Å²) in [7, 11) is 0. The van der Waals surface area contributed by atoms with Crippen LogP contribution in [-0.4, -0.2) is 0 Å². The molecule has 0 saturated heterocycles. The number of hydrogen-bond donors (Lipinski definition) is 0. The predicted molar refractivity (Wildman–Crippen MR) is 74.9 cm³/mol. The van der Waals surface area contributed by atoms with Crippen LogP contribution in [0.3, 0.4) is 0 Å². The fourth-order valence-corrected chi connectivity index (χ4v) is 1.92. The van der Waals surface area contributed by atoms with Crippen molar-refractivity contribution in [3.05, 3.63) is 59.7 Å². The Labute approximate surface area is 115 Å². The van der Waals surface area contributed by atoms with Crippen molar-refractivity contribution in [3.63, 3.8) is 0 Å². The van der Waals surface area contributed by atoms with Crippen LogP contribution in [0.2, 0.25) is 0 Å². The van der Waals surface area contributed by atoms with Crippen molar-refractivity contribution in [3.8, 4) is 17.6 Å². The summed E-state index contributed by atoms with van der Waals surface area (Å²) in [5.74, 6) is 1.59. The molecule has 18 heavy (non-hydrogen) atoms. The Balaban J connectivity index is 2.06. The van der Waals surface area contributed by atoms with Crippen molar-refractivity contribution in [2.45, 2.75) is 11.8 Å². The normalized spacial score (nSPS) is 9.78. The number of nitriles is 1. The Kier molecular flexibility index (Phi) is 4.38. The van der Waals surface area contributed by atoms with Crippen LogP contribution in [0.5, 0.6) is 11.5 Å². The molecular weight excluding hydrogens is 290 g/mol. The van der Waals surface area contributed by atoms with E-state index < -0.39 is 0 Å². The summed E-state index contributed by atoms with van der Waals surface area (Å²) >= 11 is 3.40. The predicted octanol–water partition coefficient (Wildman–Crippen LogP) is 4.44. The van der Waals surface area contributed by atoms with Crippen LogP contribution in [0.4, 0.5) is 0 Å². The number of alkyl halides is 1. The molecule has 0 aliphatic rings. The molecule has 0 spiro atoms. The summed E-state index contributed by atoms with van der Waals surface area (Å²) in [5, 5.41) is 9.43. The maximum Gasteiger partial charge on any atom is 0.127 e. The lowest BCUT2D eigenvalue weighted by atomic mass is 10.2. The van der Waals surface area contributed by atoms with Gasteiger partial charge in [-0.25, -0.2) is 0 Å². The maximum atomic E-state index is 8.59. The van der Waals surface area contributed by atoms with Gasteiger partial charge in [0.2, 0.25) is 0 Å². The van der Waals surface area contributed by atoms with Crippen LogP contribution in [0, 0.1) is 11.3 Å². The number of nitrogens with zero attached hydrogens (tertiary/aromatic N) is 1. The number of benzene rings is 2. The van der Waals surface area contributed by atoms with E-state index >= 15 is 0 Å². The van der Waals surface area contributed by atoms with Crippen molar-refractivity contribution in [1.82, 2.24) is 0 Å². The number of ether oxygens (including phenoxy) is 1. The van der Waals surface area contributed by atoms with Crippen molar-refractivity contribution in [2.24, 2.45) is 0 Å². The molecule has 0 saturated carbocycles. The number of halogens is 1. The lowest BCUT2D eigenvalue weighted by molar-refractivity contribution is 0.482. The van der Waals surface area contributed by atoms with Gasteiger partial charge in [-0.1, -0.05) is 40.2 Å². The molecule has 2 aromatic carbocycles. The molecule has 0 heterocycles. The van der Waals surface area contributed by atoms with Crippen molar-refractivity contribution < 1.29 is 4.74 Å². The highest BCUT2D eigenvalue weighted by Gasteiger charge is 1.98. The Hall–Kier alpha value is -1.79. The summed E-state index contributed by atoms with van der Waals surface area (Å²) in [6, 6.07) is 17.6. The van der Waals surface area contributed by atoms with E-state index in [1.807, 2.05) is 48.5 Å². The molecule has 3 heteroatoms. The van der Waals surface area contributed by atoms with Gasteiger partial charge in [-0.05, 0) is 35.4 Å². The maximum absolute atomic E-state index is 8.59. The van der Waals surface area contributed by atoms with E-state index in [0.29, 0.717) is 6.42 Å². The summed E-state index contributed by atoms with van der Waals surface area (Å²) in [4.78, 5) is 0. The molecule has 0 bridgehead atoms. The minimum absolute atomic E-state index is 0.431. The van der Waals surface area contributed by atoms with Gasteiger partial charge in [-0.2, -0.15) is 5.26 Å². The summed E-state index contributed by atoms with van der Waals surface area (Å²) in [6.45, 7) is 0. The Morgan fingerprint density at radius 3 is 1.83 bits per heavy atom. The van der Waals surface area contributed by atoms with Gasteiger partial charge in [0.1, 0.15) is 11.5 Å². The van der Waals surface area contributed by atoms with Gasteiger partial charge in [0.15, 0.2) is 0 Å². The van der Waals surface area contributed by atoms with Gasteiger partial charge in [0.25, 0.3) is 0 Å². The zero-order valence-corrected chi connectivity index (χ0v) is 11.4. The van der Waals surface area contributed by atoms with Crippen LogP contribution in [0.15, 0.2) is 48.5 Å². The van der Waals surface area contributed by atoms with E-state index in [-0.39, 0.29) is 0 Å². The molecule has 2 rings (SSSR count). The third-order valence-electron chi connectivity index (χ3n) is 2.52. The molecule has 0 aliphatic heterocycles. The topological polar surface area (TPSA) is 33.0 Å². The molecule has 0 fully saturated rings. The minimum atomic E-state index is 0.431. The highest BCUT2D eigenvalue weighted by Crippen LogP contribution is 2.22. The second-order valence-corrected chi connectivity index (χ2v) is 4.42. The van der Waals surface area contributed by atoms with E-state index in [4.69, 9.17) is 10.00 Å². The average molecular weight is 302 g/mol. The van der Waals surface area contributed by atoms with Gasteiger partial charge in [0.05, 0.1) is 12.5 Å². The van der Waals surface area contributed by atoms with Crippen LogP contribution < -0.4 is 4.74 Å². The second kappa shape index (κ2) is 6.23. The van der Waals surface area contributed by atoms with Gasteiger partial charge in [-0.3, -0.25) is 0 Å². The fourth-order valence-electron chi connectivity index (χ4n) is 1.55. The first-order chi connectivity index (χ1) is 8.81. The Bertz CT molecular complexity index is 540. The molecule has 2 nitrogen and oxygen atoms in total. The number of hydrogen-bond acceptors (Lipinski definition) is 2. The zero-order valence-electron chi connectivity index (χ0n) is 9.77. The van der Waals surface area contributed by atoms with E-state index in [9.17, 15) is 0 Å². The quantitative estimate of drug-likeness (QED) is 0.782. The molecule has 0 unspecified atom stereocenters. The minimum Gasteiger partial charge on any atom is -0.457 e. The first-order valence-electron chi connectivity index (χ1n) is 5.60. The van der Waals surface area contributed by atoms with E-state index in [2.05, 4.69) is 22.0 Å². The van der Waals surface area contributed by atoms with Gasteiger partial charge < -0.3 is 4.74 Å². The average Bonchev–Trinajstić information content (AvgIpc) is 2.42. The fraction of sp³-hybridized carbons (Fsp3) is 0.133. The van der Waals surface area contributed by atoms with Crippen LogP contribution >= 0.6 is 15.9 Å². The smallest absolute Gasteiger partial charge is 0.127 e. The van der Waals surface area contributed by atoms with Crippen molar-refractivity contribution >= 4 is 15.9 Å². The lowest BCUT2D eigenvalue weighted by Gasteiger charge is -2.06. The summed E-state index contributed by atoms with van der Waals surface area (Å²) < 4.78 is 5.71. The first kappa shape index (κ1) is 12.7. The van der Waals surface area contributed by atoms with Crippen LogP contribution in [-0.2, 0) is 11.8 Å². The van der Waals surface area contributed by atoms with Gasteiger partial charge in [-0.15, -0.1) is 0 Å². The van der Waals surface area contributed by atoms with Gasteiger partial charge >= 0.3 is 0 Å². The van der Waals surface area contributed by atoms with Crippen LogP contribution in [0.1, 0.15) is 11.1 Å². The van der Waals surface area contributed by atoms with E-state index in [1.54, 1.807) is 0 Å². The monoisotopic (exact) mass is 301 g/mol. The van der Waals surface area contributed by atoms with Crippen LogP contribution in [0.25, 0.3) is 0 Å². The molecule has 90 valence electrons. The molecule has 2 aromatic rings. The highest BCUT2D eigenvalue weighted by molar-refractivity contribution is 9.08. The lowest BCUT2D eigenvalue weighted by Crippen LogP contribution is -1.86. The molecule has 0 amide bonds. The SMILES string of the molecule is N#CCc1ccc(Oc2ccc(CBr)cc2)cc1. The molecule has 0 atom stereocenters. The second-order valence-electron chi connectivity index (χ2n) is 3.86. The first-order valence-corrected chi connectivity index (χ1v) is 6.72. The summed E-state index contributed by atoms with van der Waals surface area (Å²) in [5.41, 5.74) is 2.21. The third kappa shape index (κ3) is 3.35. The van der Waals surface area contributed by atoms with Gasteiger partial charge in [0, 0.05) is 5.33 Å². The molecule has 0 aromatic heterocycles. The highest BCUT2D eigenvalue weighted by atomic mass is 79.9. The molecular formula is C15H12BrNO. The molecule has 0 N–H and O–H groups in total. The standard InChI is InChI=1S/C15H12BrNO/c16-11-13-3-7-15(8-4-13)18-14-5-1-12(2-6-14)9-10-17/h1-8H,9,11H2. The largest absolute Gasteiger partial charge is 0.457 e. The Morgan fingerprint density at radius 1 is 0.889 bits per heavy atom. The molecule has 0 radical (unpaired) electrons. The van der Waals surface area contributed by atoms with Crippen molar-refractivity contribution in [1.29, 1.82) is 5.26 Å². The van der Waals surface area contributed by atoms with E-state index in [1.165, 1.54) is 5.56 Å².